The Morgan fingerprint density at radius 2 is 2.22 bits per heavy atom. The molecule has 2 atom stereocenters. The monoisotopic (exact) mass is 267 g/mol. The van der Waals surface area contributed by atoms with Crippen molar-refractivity contribution in [1.29, 1.82) is 0 Å². The Bertz CT molecular complexity index is 394. The maximum atomic E-state index is 4.59. The Balaban J connectivity index is 2.04. The average molecular weight is 267 g/mol. The minimum atomic E-state index is 0.400. The van der Waals surface area contributed by atoms with Gasteiger partial charge in [0.1, 0.15) is 0 Å². The van der Waals surface area contributed by atoms with Crippen LogP contribution in [0.3, 0.4) is 0 Å². The lowest BCUT2D eigenvalue weighted by Gasteiger charge is -2.26. The predicted octanol–water partition coefficient (Wildman–Crippen LogP) is 3.30. The van der Waals surface area contributed by atoms with Crippen molar-refractivity contribution in [1.82, 2.24) is 10.3 Å². The zero-order valence-corrected chi connectivity index (χ0v) is 13.0. The van der Waals surface area contributed by atoms with Crippen LogP contribution in [0.2, 0.25) is 0 Å². The van der Waals surface area contributed by atoms with Crippen molar-refractivity contribution in [2.75, 3.05) is 25.0 Å². The summed E-state index contributed by atoms with van der Waals surface area (Å²) < 4.78 is 0. The van der Waals surface area contributed by atoms with Gasteiger partial charge in [-0.3, -0.25) is 0 Å². The Kier molecular flexibility index (Phi) is 3.97. The van der Waals surface area contributed by atoms with Crippen LogP contribution in [-0.2, 0) is 0 Å². The molecule has 1 fully saturated rings. The summed E-state index contributed by atoms with van der Waals surface area (Å²) in [4.78, 5) is 8.36. The third-order valence-corrected chi connectivity index (χ3v) is 5.30. The molecular weight excluding hydrogens is 242 g/mol. The lowest BCUT2D eigenvalue weighted by molar-refractivity contribution is 0.263. The number of rotatable bonds is 3. The molecule has 1 aromatic heterocycles. The molecule has 102 valence electrons. The molecule has 4 heteroatoms. The quantitative estimate of drug-likeness (QED) is 0.911. The van der Waals surface area contributed by atoms with Gasteiger partial charge < -0.3 is 10.2 Å². The van der Waals surface area contributed by atoms with Gasteiger partial charge in [0.05, 0.1) is 0 Å². The lowest BCUT2D eigenvalue weighted by Crippen LogP contribution is -2.25. The standard InChI is InChI=1S/C14H25N3S/c1-10(15-5)12-8-16-13(18-12)17-7-6-11(9-17)14(2,3)4/h8,10-11,15H,6-7,9H2,1-5H3. The van der Waals surface area contributed by atoms with Crippen molar-refractivity contribution in [3.63, 3.8) is 0 Å². The maximum Gasteiger partial charge on any atom is 0.185 e. The van der Waals surface area contributed by atoms with Gasteiger partial charge in [-0.1, -0.05) is 20.8 Å². The van der Waals surface area contributed by atoms with Crippen molar-refractivity contribution in [3.05, 3.63) is 11.1 Å². The molecule has 0 amide bonds. The SMILES string of the molecule is CNC(C)c1cnc(N2CCC(C(C)(C)C)C2)s1. The number of nitrogens with one attached hydrogen (secondary N) is 1. The van der Waals surface area contributed by atoms with Crippen LogP contribution in [0, 0.1) is 11.3 Å². The van der Waals surface area contributed by atoms with Gasteiger partial charge in [0, 0.05) is 30.2 Å². The molecule has 1 saturated heterocycles. The Labute approximate surface area is 115 Å². The van der Waals surface area contributed by atoms with Gasteiger partial charge in [0.15, 0.2) is 5.13 Å². The third kappa shape index (κ3) is 2.86. The lowest BCUT2D eigenvalue weighted by atomic mass is 9.80. The molecular formula is C14H25N3S. The molecule has 0 radical (unpaired) electrons. The first-order chi connectivity index (χ1) is 8.41. The fourth-order valence-corrected chi connectivity index (χ4v) is 3.42. The first-order valence-corrected chi connectivity index (χ1v) is 7.61. The molecule has 1 aliphatic rings. The molecule has 0 aliphatic carbocycles. The van der Waals surface area contributed by atoms with E-state index in [1.165, 1.54) is 16.4 Å². The summed E-state index contributed by atoms with van der Waals surface area (Å²) >= 11 is 1.83. The van der Waals surface area contributed by atoms with Crippen LogP contribution in [0.25, 0.3) is 0 Å². The van der Waals surface area contributed by atoms with E-state index < -0.39 is 0 Å². The molecule has 0 spiro atoms. The fraction of sp³-hybridized carbons (Fsp3) is 0.786. The van der Waals surface area contributed by atoms with Crippen LogP contribution in [0.5, 0.6) is 0 Å². The number of aromatic nitrogens is 1. The van der Waals surface area contributed by atoms with E-state index in [4.69, 9.17) is 0 Å². The molecule has 0 bridgehead atoms. The molecule has 18 heavy (non-hydrogen) atoms. The molecule has 0 aromatic carbocycles. The summed E-state index contributed by atoms with van der Waals surface area (Å²) in [6, 6.07) is 0.400. The van der Waals surface area contributed by atoms with E-state index in [9.17, 15) is 0 Å². The van der Waals surface area contributed by atoms with Crippen LogP contribution in [0.1, 0.15) is 45.0 Å². The van der Waals surface area contributed by atoms with Crippen LogP contribution >= 0.6 is 11.3 Å². The second-order valence-corrected chi connectivity index (χ2v) is 7.39. The smallest absolute Gasteiger partial charge is 0.185 e. The van der Waals surface area contributed by atoms with E-state index in [1.54, 1.807) is 0 Å². The highest BCUT2D eigenvalue weighted by Crippen LogP contribution is 2.37. The van der Waals surface area contributed by atoms with Gasteiger partial charge in [-0.05, 0) is 31.7 Å². The Hall–Kier alpha value is -0.610. The highest BCUT2D eigenvalue weighted by molar-refractivity contribution is 7.15. The summed E-state index contributed by atoms with van der Waals surface area (Å²) in [7, 11) is 2.00. The van der Waals surface area contributed by atoms with E-state index in [0.717, 1.165) is 19.0 Å². The van der Waals surface area contributed by atoms with Crippen LogP contribution < -0.4 is 10.2 Å². The fourth-order valence-electron chi connectivity index (χ4n) is 2.41. The molecule has 3 nitrogen and oxygen atoms in total. The van der Waals surface area contributed by atoms with Crippen molar-refractivity contribution < 1.29 is 0 Å². The second kappa shape index (κ2) is 5.17. The predicted molar refractivity (Wildman–Crippen MR) is 79.4 cm³/mol. The second-order valence-electron chi connectivity index (χ2n) is 6.35. The van der Waals surface area contributed by atoms with Crippen LogP contribution in [-0.4, -0.2) is 25.1 Å². The number of hydrogen-bond acceptors (Lipinski definition) is 4. The molecule has 1 N–H and O–H groups in total. The van der Waals surface area contributed by atoms with Gasteiger partial charge in [0.25, 0.3) is 0 Å². The molecule has 2 unspecified atom stereocenters. The summed E-state index contributed by atoms with van der Waals surface area (Å²) in [6.45, 7) is 11.5. The zero-order chi connectivity index (χ0) is 13.3. The zero-order valence-electron chi connectivity index (χ0n) is 12.2. The summed E-state index contributed by atoms with van der Waals surface area (Å²) in [5.41, 5.74) is 0.410. The van der Waals surface area contributed by atoms with Crippen molar-refractivity contribution >= 4 is 16.5 Å². The van der Waals surface area contributed by atoms with E-state index in [1.807, 2.05) is 24.6 Å². The molecule has 1 aromatic rings. The van der Waals surface area contributed by atoms with E-state index in [0.29, 0.717) is 11.5 Å². The highest BCUT2D eigenvalue weighted by Gasteiger charge is 2.32. The first kappa shape index (κ1) is 13.8. The van der Waals surface area contributed by atoms with Gasteiger partial charge in [-0.15, -0.1) is 11.3 Å². The van der Waals surface area contributed by atoms with Gasteiger partial charge >= 0.3 is 0 Å². The van der Waals surface area contributed by atoms with Crippen LogP contribution in [0.15, 0.2) is 6.20 Å². The van der Waals surface area contributed by atoms with Gasteiger partial charge in [-0.25, -0.2) is 4.98 Å². The Morgan fingerprint density at radius 1 is 1.50 bits per heavy atom. The molecule has 1 aliphatic heterocycles. The van der Waals surface area contributed by atoms with Crippen LogP contribution in [0.4, 0.5) is 5.13 Å². The maximum absolute atomic E-state index is 4.59. The van der Waals surface area contributed by atoms with E-state index in [-0.39, 0.29) is 0 Å². The topological polar surface area (TPSA) is 28.2 Å². The van der Waals surface area contributed by atoms with Crippen molar-refractivity contribution in [3.8, 4) is 0 Å². The first-order valence-electron chi connectivity index (χ1n) is 6.79. The third-order valence-electron chi connectivity index (χ3n) is 4.05. The number of thiazole rings is 1. The molecule has 0 saturated carbocycles. The highest BCUT2D eigenvalue weighted by atomic mass is 32.1. The normalized spacial score (nSPS) is 22.5. The average Bonchev–Trinajstić information content (AvgIpc) is 2.94. The minimum Gasteiger partial charge on any atom is -0.348 e. The summed E-state index contributed by atoms with van der Waals surface area (Å²) in [5.74, 6) is 0.784. The van der Waals surface area contributed by atoms with E-state index >= 15 is 0 Å². The number of nitrogens with zero attached hydrogens (tertiary/aromatic N) is 2. The summed E-state index contributed by atoms with van der Waals surface area (Å²) in [6.07, 6.45) is 3.31. The number of hydrogen-bond donors (Lipinski definition) is 1. The number of anilines is 1. The van der Waals surface area contributed by atoms with Crippen molar-refractivity contribution in [2.24, 2.45) is 11.3 Å². The Morgan fingerprint density at radius 3 is 2.78 bits per heavy atom. The van der Waals surface area contributed by atoms with Gasteiger partial charge in [0.2, 0.25) is 0 Å². The minimum absolute atomic E-state index is 0.400. The molecule has 2 heterocycles. The largest absolute Gasteiger partial charge is 0.348 e. The van der Waals surface area contributed by atoms with Gasteiger partial charge in [-0.2, -0.15) is 0 Å². The molecule has 2 rings (SSSR count). The van der Waals surface area contributed by atoms with E-state index in [2.05, 4.69) is 42.9 Å². The summed E-state index contributed by atoms with van der Waals surface area (Å²) in [5, 5.41) is 4.46. The van der Waals surface area contributed by atoms with Crippen molar-refractivity contribution in [2.45, 2.75) is 40.2 Å².